The maximum Gasteiger partial charge on any atom is 0.147 e. The first-order chi connectivity index (χ1) is 19.0. The zero-order valence-electron chi connectivity index (χ0n) is 22.1. The number of rotatable bonds is 7. The van der Waals surface area contributed by atoms with Gasteiger partial charge >= 0.3 is 0 Å². The molecule has 39 heavy (non-hydrogen) atoms. The minimum atomic E-state index is -0.322. The lowest BCUT2D eigenvalue weighted by Gasteiger charge is -2.44. The summed E-state index contributed by atoms with van der Waals surface area (Å²) in [6, 6.07) is 21.2. The number of likely N-dealkylation sites (tertiary alicyclic amines) is 1. The summed E-state index contributed by atoms with van der Waals surface area (Å²) in [7, 11) is 0. The van der Waals surface area contributed by atoms with Crippen LogP contribution in [-0.2, 0) is 17.6 Å². The molecule has 7 heteroatoms. The average molecular weight is 581 g/mol. The van der Waals surface area contributed by atoms with Crippen molar-refractivity contribution in [3.8, 4) is 6.07 Å². The van der Waals surface area contributed by atoms with E-state index < -0.39 is 0 Å². The van der Waals surface area contributed by atoms with Crippen molar-refractivity contribution in [2.24, 2.45) is 11.3 Å². The summed E-state index contributed by atoms with van der Waals surface area (Å²) in [5.41, 5.74) is 3.73. The fourth-order valence-corrected chi connectivity index (χ4v) is 8.50. The lowest BCUT2D eigenvalue weighted by atomic mass is 9.70. The normalized spacial score (nSPS) is 28.6. The van der Waals surface area contributed by atoms with Gasteiger partial charge in [-0.3, -0.25) is 0 Å². The highest BCUT2D eigenvalue weighted by atomic mass is 35.5. The Morgan fingerprint density at radius 3 is 2.64 bits per heavy atom. The van der Waals surface area contributed by atoms with Crippen LogP contribution in [0.3, 0.4) is 0 Å². The molecule has 6 rings (SSSR count). The lowest BCUT2D eigenvalue weighted by Crippen LogP contribution is -2.50. The number of thiophene rings is 1. The van der Waals surface area contributed by atoms with E-state index >= 15 is 0 Å². The molecule has 0 saturated carbocycles. The number of nitrogens with one attached hydrogen (secondary N) is 1. The van der Waals surface area contributed by atoms with Gasteiger partial charge in [0.1, 0.15) is 6.10 Å². The maximum atomic E-state index is 9.89. The molecule has 4 atom stereocenters. The van der Waals surface area contributed by atoms with Gasteiger partial charge in [0.2, 0.25) is 0 Å². The molecular weight excluding hydrogens is 545 g/mol. The van der Waals surface area contributed by atoms with E-state index in [-0.39, 0.29) is 23.0 Å². The number of hydrogen-bond acceptors (Lipinski definition) is 5. The van der Waals surface area contributed by atoms with E-state index in [1.165, 1.54) is 16.7 Å². The summed E-state index contributed by atoms with van der Waals surface area (Å²) >= 11 is 14.7. The van der Waals surface area contributed by atoms with Crippen LogP contribution in [0.25, 0.3) is 0 Å². The molecule has 3 aromatic rings. The van der Waals surface area contributed by atoms with E-state index in [0.29, 0.717) is 10.9 Å². The van der Waals surface area contributed by atoms with Gasteiger partial charge in [-0.15, -0.1) is 0 Å². The first-order valence-corrected chi connectivity index (χ1v) is 15.7. The maximum absolute atomic E-state index is 9.89. The highest BCUT2D eigenvalue weighted by Gasteiger charge is 2.50. The third-order valence-electron chi connectivity index (χ3n) is 9.28. The fraction of sp³-hybridized carbons (Fsp3) is 0.469. The molecule has 2 unspecified atom stereocenters. The van der Waals surface area contributed by atoms with Crippen LogP contribution >= 0.6 is 34.5 Å². The first-order valence-electron chi connectivity index (χ1n) is 14.0. The zero-order valence-corrected chi connectivity index (χ0v) is 24.4. The van der Waals surface area contributed by atoms with Crippen molar-refractivity contribution >= 4 is 34.5 Å². The number of benzene rings is 2. The molecule has 0 aliphatic carbocycles. The summed E-state index contributed by atoms with van der Waals surface area (Å²) in [5.74, 6) is 0.677. The third kappa shape index (κ3) is 5.79. The summed E-state index contributed by atoms with van der Waals surface area (Å²) in [4.78, 5) is 2.64. The molecular formula is C32H35Cl2N3OS. The van der Waals surface area contributed by atoms with E-state index in [4.69, 9.17) is 27.9 Å². The van der Waals surface area contributed by atoms with Gasteiger partial charge < -0.3 is 15.0 Å². The Bertz CT molecular complexity index is 1300. The third-order valence-corrected chi connectivity index (χ3v) is 10.6. The molecule has 2 aromatic carbocycles. The molecule has 1 aromatic heterocycles. The van der Waals surface area contributed by atoms with E-state index in [0.717, 1.165) is 69.9 Å². The van der Waals surface area contributed by atoms with Crippen LogP contribution in [0.2, 0.25) is 10.0 Å². The Labute approximate surface area is 245 Å². The quantitative estimate of drug-likeness (QED) is 0.328. The summed E-state index contributed by atoms with van der Waals surface area (Å²) in [5, 5.41) is 19.5. The minimum absolute atomic E-state index is 0.0324. The molecule has 0 radical (unpaired) electrons. The van der Waals surface area contributed by atoms with E-state index in [1.807, 2.05) is 18.2 Å². The number of nitrogens with zero attached hydrogens (tertiary/aromatic N) is 2. The molecule has 1 N–H and O–H groups in total. The molecule has 3 aliphatic heterocycles. The van der Waals surface area contributed by atoms with Crippen molar-refractivity contribution in [2.75, 3.05) is 32.7 Å². The predicted molar refractivity (Wildman–Crippen MR) is 160 cm³/mol. The van der Waals surface area contributed by atoms with Crippen molar-refractivity contribution in [1.29, 1.82) is 5.26 Å². The van der Waals surface area contributed by atoms with Crippen LogP contribution in [0.1, 0.15) is 41.9 Å². The highest BCUT2D eigenvalue weighted by molar-refractivity contribution is 7.08. The molecule has 4 heterocycles. The van der Waals surface area contributed by atoms with Gasteiger partial charge in [0, 0.05) is 60.0 Å². The Morgan fingerprint density at radius 1 is 1.10 bits per heavy atom. The average Bonchev–Trinajstić information content (AvgIpc) is 3.68. The van der Waals surface area contributed by atoms with Crippen LogP contribution in [0, 0.1) is 22.7 Å². The zero-order chi connectivity index (χ0) is 26.9. The topological polar surface area (TPSA) is 48.3 Å². The van der Waals surface area contributed by atoms with Crippen molar-refractivity contribution in [1.82, 2.24) is 10.2 Å². The summed E-state index contributed by atoms with van der Waals surface area (Å²) in [6.07, 6.45) is 4.42. The molecule has 0 amide bonds. The minimum Gasteiger partial charge on any atom is -0.356 e. The Balaban J connectivity index is 1.18. The Morgan fingerprint density at radius 2 is 1.92 bits per heavy atom. The number of ether oxygens (including phenoxy) is 1. The molecule has 1 spiro atoms. The van der Waals surface area contributed by atoms with Crippen molar-refractivity contribution < 1.29 is 4.74 Å². The molecule has 3 saturated heterocycles. The van der Waals surface area contributed by atoms with Gasteiger partial charge in [0.25, 0.3) is 0 Å². The number of hydrogen-bond donors (Lipinski definition) is 1. The highest BCUT2D eigenvalue weighted by Crippen LogP contribution is 2.47. The van der Waals surface area contributed by atoms with Gasteiger partial charge in [0.15, 0.2) is 0 Å². The van der Waals surface area contributed by atoms with E-state index in [9.17, 15) is 5.26 Å². The lowest BCUT2D eigenvalue weighted by molar-refractivity contribution is -0.0677. The standard InChI is InChI=1S/C32H35Cl2N3OS/c33-27-7-6-24(29(34)15-27)16-31(21-36-19-28(31)25-8-13-39-20-25)22-37-11-9-32(10-12-37)17-26(30(18-35)38-32)14-23-4-2-1-3-5-23/h1-8,13,15,20,26,28,30,36H,9-12,14,16-17,19,21-22H2/t26?,28-,30?,31+/m1/s1. The predicted octanol–water partition coefficient (Wildman–Crippen LogP) is 6.98. The molecule has 4 nitrogen and oxygen atoms in total. The molecule has 3 fully saturated rings. The van der Waals surface area contributed by atoms with Crippen molar-refractivity contribution in [3.05, 3.63) is 92.1 Å². The van der Waals surface area contributed by atoms with Gasteiger partial charge in [-0.05, 0) is 77.8 Å². The van der Waals surface area contributed by atoms with Gasteiger partial charge in [-0.25, -0.2) is 0 Å². The second-order valence-electron chi connectivity index (χ2n) is 11.8. The van der Waals surface area contributed by atoms with Gasteiger partial charge in [-0.2, -0.15) is 16.6 Å². The summed E-state index contributed by atoms with van der Waals surface area (Å²) in [6.45, 7) is 4.92. The second-order valence-corrected chi connectivity index (χ2v) is 13.4. The van der Waals surface area contributed by atoms with E-state index in [2.05, 4.69) is 63.4 Å². The van der Waals surface area contributed by atoms with Crippen LogP contribution in [-0.4, -0.2) is 49.3 Å². The molecule has 3 aliphatic rings. The van der Waals surface area contributed by atoms with Gasteiger partial charge in [0.05, 0.1) is 11.7 Å². The van der Waals surface area contributed by atoms with Crippen LogP contribution in [0.15, 0.2) is 65.4 Å². The van der Waals surface area contributed by atoms with Gasteiger partial charge in [-0.1, -0.05) is 59.6 Å². The van der Waals surface area contributed by atoms with E-state index in [1.54, 1.807) is 11.3 Å². The van der Waals surface area contributed by atoms with Crippen LogP contribution in [0.4, 0.5) is 0 Å². The second kappa shape index (κ2) is 11.5. The first kappa shape index (κ1) is 27.3. The number of nitriles is 1. The number of piperidine rings is 1. The smallest absolute Gasteiger partial charge is 0.147 e. The fourth-order valence-electron chi connectivity index (χ4n) is 7.31. The monoisotopic (exact) mass is 579 g/mol. The van der Waals surface area contributed by atoms with Crippen LogP contribution < -0.4 is 5.32 Å². The Kier molecular flexibility index (Phi) is 8.06. The largest absolute Gasteiger partial charge is 0.356 e. The molecule has 204 valence electrons. The Hall–Kier alpha value is -1.91. The SMILES string of the molecule is N#CC1OC2(CCN(C[C@]3(Cc4ccc(Cl)cc4Cl)CNC[C@@H]3c3ccsc3)CC2)CC1Cc1ccccc1. The van der Waals surface area contributed by atoms with Crippen LogP contribution in [0.5, 0.6) is 0 Å². The van der Waals surface area contributed by atoms with Crippen molar-refractivity contribution in [2.45, 2.75) is 49.7 Å². The summed E-state index contributed by atoms with van der Waals surface area (Å²) < 4.78 is 6.54. The molecule has 0 bridgehead atoms. The van der Waals surface area contributed by atoms with Crippen molar-refractivity contribution in [3.63, 3.8) is 0 Å². The number of halogens is 2.